The largest absolute Gasteiger partial charge is 0.477 e. The monoisotopic (exact) mass is 223 g/mol. The Balaban J connectivity index is 2.02. The van der Waals surface area contributed by atoms with Crippen LogP contribution in [0, 0.1) is 19.8 Å². The van der Waals surface area contributed by atoms with Crippen LogP contribution in [0.3, 0.4) is 0 Å². The van der Waals surface area contributed by atoms with E-state index >= 15 is 0 Å². The van der Waals surface area contributed by atoms with Gasteiger partial charge in [-0.15, -0.1) is 0 Å². The Kier molecular flexibility index (Phi) is 3.24. The van der Waals surface area contributed by atoms with Gasteiger partial charge in [-0.1, -0.05) is 0 Å². The first-order valence-electron chi connectivity index (χ1n) is 5.48. The zero-order valence-electron chi connectivity index (χ0n) is 9.69. The minimum Gasteiger partial charge on any atom is -0.477 e. The number of nitrogens with two attached hydrogens (primary N) is 1. The van der Waals surface area contributed by atoms with Gasteiger partial charge in [0, 0.05) is 12.5 Å². The van der Waals surface area contributed by atoms with Crippen LogP contribution in [0.5, 0.6) is 5.88 Å². The van der Waals surface area contributed by atoms with Crippen LogP contribution in [0.25, 0.3) is 0 Å². The number of aromatic nitrogens is 2. The molecular weight excluding hydrogens is 206 g/mol. The van der Waals surface area contributed by atoms with Gasteiger partial charge < -0.3 is 15.2 Å². The van der Waals surface area contributed by atoms with Crippen molar-refractivity contribution in [2.45, 2.75) is 20.3 Å². The molecule has 1 aliphatic rings. The third kappa shape index (κ3) is 2.41. The zero-order chi connectivity index (χ0) is 11.5. The molecular formula is C11H17N3O2. The van der Waals surface area contributed by atoms with Gasteiger partial charge in [-0.25, -0.2) is 4.98 Å². The second-order valence-corrected chi connectivity index (χ2v) is 4.13. The molecule has 0 amide bonds. The summed E-state index contributed by atoms with van der Waals surface area (Å²) in [5, 5.41) is 0. The predicted octanol–water partition coefficient (Wildman–Crippen LogP) is 1.09. The predicted molar refractivity (Wildman–Crippen MR) is 60.3 cm³/mol. The molecule has 2 N–H and O–H groups in total. The Morgan fingerprint density at radius 2 is 2.25 bits per heavy atom. The average molecular weight is 223 g/mol. The quantitative estimate of drug-likeness (QED) is 0.830. The molecule has 0 aromatic carbocycles. The molecule has 1 aromatic rings. The number of rotatable bonds is 3. The third-order valence-electron chi connectivity index (χ3n) is 2.73. The van der Waals surface area contributed by atoms with Crippen molar-refractivity contribution < 1.29 is 9.47 Å². The van der Waals surface area contributed by atoms with Crippen molar-refractivity contribution in [2.75, 3.05) is 25.6 Å². The van der Waals surface area contributed by atoms with Gasteiger partial charge in [-0.05, 0) is 20.3 Å². The fourth-order valence-electron chi connectivity index (χ4n) is 1.68. The second-order valence-electron chi connectivity index (χ2n) is 4.13. The van der Waals surface area contributed by atoms with Gasteiger partial charge in [0.2, 0.25) is 5.88 Å². The van der Waals surface area contributed by atoms with Crippen LogP contribution in [0.2, 0.25) is 0 Å². The molecule has 0 aliphatic carbocycles. The van der Waals surface area contributed by atoms with Crippen molar-refractivity contribution in [2.24, 2.45) is 5.92 Å². The van der Waals surface area contributed by atoms with E-state index in [0.29, 0.717) is 30.0 Å². The summed E-state index contributed by atoms with van der Waals surface area (Å²) in [5.74, 6) is 2.19. The lowest BCUT2D eigenvalue weighted by Gasteiger charge is -2.12. The minimum absolute atomic E-state index is 0.468. The number of aryl methyl sites for hydroxylation is 1. The van der Waals surface area contributed by atoms with Gasteiger partial charge in [0.25, 0.3) is 0 Å². The summed E-state index contributed by atoms with van der Waals surface area (Å²) in [5.41, 5.74) is 6.56. The van der Waals surface area contributed by atoms with E-state index in [4.69, 9.17) is 15.2 Å². The van der Waals surface area contributed by atoms with Crippen LogP contribution >= 0.6 is 0 Å². The molecule has 0 spiro atoms. The summed E-state index contributed by atoms with van der Waals surface area (Å²) in [7, 11) is 0. The van der Waals surface area contributed by atoms with E-state index in [-0.39, 0.29) is 0 Å². The van der Waals surface area contributed by atoms with E-state index in [2.05, 4.69) is 9.97 Å². The Hall–Kier alpha value is -1.36. The van der Waals surface area contributed by atoms with E-state index in [9.17, 15) is 0 Å². The summed E-state index contributed by atoms with van der Waals surface area (Å²) in [6.07, 6.45) is 1.05. The van der Waals surface area contributed by atoms with E-state index < -0.39 is 0 Å². The first-order valence-corrected chi connectivity index (χ1v) is 5.48. The molecule has 16 heavy (non-hydrogen) atoms. The Labute approximate surface area is 95.0 Å². The Morgan fingerprint density at radius 1 is 1.44 bits per heavy atom. The smallest absolute Gasteiger partial charge is 0.221 e. The van der Waals surface area contributed by atoms with Crippen molar-refractivity contribution in [1.29, 1.82) is 0 Å². The molecule has 1 saturated heterocycles. The first-order chi connectivity index (χ1) is 7.66. The number of anilines is 1. The molecule has 88 valence electrons. The molecule has 1 atom stereocenters. The third-order valence-corrected chi connectivity index (χ3v) is 2.73. The summed E-state index contributed by atoms with van der Waals surface area (Å²) in [4.78, 5) is 8.32. The maximum absolute atomic E-state index is 5.75. The van der Waals surface area contributed by atoms with Crippen LogP contribution in [-0.2, 0) is 4.74 Å². The highest BCUT2D eigenvalue weighted by atomic mass is 16.5. The maximum atomic E-state index is 5.75. The lowest BCUT2D eigenvalue weighted by Crippen LogP contribution is -2.14. The van der Waals surface area contributed by atoms with E-state index in [0.717, 1.165) is 25.2 Å². The second kappa shape index (κ2) is 4.65. The highest BCUT2D eigenvalue weighted by molar-refractivity contribution is 5.44. The summed E-state index contributed by atoms with van der Waals surface area (Å²) >= 11 is 0. The molecule has 1 unspecified atom stereocenters. The number of nitrogens with zero attached hydrogens (tertiary/aromatic N) is 2. The molecule has 0 bridgehead atoms. The van der Waals surface area contributed by atoms with E-state index in [1.54, 1.807) is 6.92 Å². The van der Waals surface area contributed by atoms with Crippen molar-refractivity contribution in [3.63, 3.8) is 0 Å². The normalized spacial score (nSPS) is 20.0. The lowest BCUT2D eigenvalue weighted by molar-refractivity contribution is 0.165. The molecule has 5 nitrogen and oxygen atoms in total. The minimum atomic E-state index is 0.468. The van der Waals surface area contributed by atoms with Crippen LogP contribution in [0.1, 0.15) is 17.8 Å². The molecule has 5 heteroatoms. The summed E-state index contributed by atoms with van der Waals surface area (Å²) in [6.45, 7) is 5.92. The summed E-state index contributed by atoms with van der Waals surface area (Å²) < 4.78 is 11.0. The number of hydrogen-bond donors (Lipinski definition) is 1. The van der Waals surface area contributed by atoms with Gasteiger partial charge >= 0.3 is 0 Å². The van der Waals surface area contributed by atoms with Crippen molar-refractivity contribution in [3.8, 4) is 5.88 Å². The van der Waals surface area contributed by atoms with Crippen molar-refractivity contribution in [3.05, 3.63) is 11.4 Å². The van der Waals surface area contributed by atoms with Gasteiger partial charge in [-0.2, -0.15) is 4.98 Å². The van der Waals surface area contributed by atoms with Crippen molar-refractivity contribution >= 4 is 5.82 Å². The van der Waals surface area contributed by atoms with E-state index in [1.165, 1.54) is 0 Å². The standard InChI is InChI=1S/C11H17N3O2/c1-7-10(12)13-8(2)14-11(7)16-6-9-3-4-15-5-9/h9H,3-6H2,1-2H3,(H2,12,13,14). The molecule has 1 aliphatic heterocycles. The van der Waals surface area contributed by atoms with Crippen LogP contribution < -0.4 is 10.5 Å². The number of ether oxygens (including phenoxy) is 2. The molecule has 0 saturated carbocycles. The number of nitrogen functional groups attached to an aromatic ring is 1. The first kappa shape index (κ1) is 11.1. The van der Waals surface area contributed by atoms with Crippen molar-refractivity contribution in [1.82, 2.24) is 9.97 Å². The van der Waals surface area contributed by atoms with Crippen LogP contribution in [0.15, 0.2) is 0 Å². The van der Waals surface area contributed by atoms with Crippen LogP contribution in [-0.4, -0.2) is 29.8 Å². The Bertz CT molecular complexity index is 376. The highest BCUT2D eigenvalue weighted by Crippen LogP contribution is 2.21. The summed E-state index contributed by atoms with van der Waals surface area (Å²) in [6, 6.07) is 0. The SMILES string of the molecule is Cc1nc(N)c(C)c(OCC2CCOC2)n1. The van der Waals surface area contributed by atoms with E-state index in [1.807, 2.05) is 6.92 Å². The fraction of sp³-hybridized carbons (Fsp3) is 0.636. The molecule has 0 radical (unpaired) electrons. The average Bonchev–Trinajstić information content (AvgIpc) is 2.74. The highest BCUT2D eigenvalue weighted by Gasteiger charge is 2.17. The van der Waals surface area contributed by atoms with Gasteiger partial charge in [-0.3, -0.25) is 0 Å². The zero-order valence-corrected chi connectivity index (χ0v) is 9.69. The molecule has 2 rings (SSSR count). The molecule has 2 heterocycles. The Morgan fingerprint density at radius 3 is 2.94 bits per heavy atom. The topological polar surface area (TPSA) is 70.3 Å². The van der Waals surface area contributed by atoms with Gasteiger partial charge in [0.15, 0.2) is 0 Å². The maximum Gasteiger partial charge on any atom is 0.221 e. The van der Waals surface area contributed by atoms with Crippen LogP contribution in [0.4, 0.5) is 5.82 Å². The number of hydrogen-bond acceptors (Lipinski definition) is 5. The fourth-order valence-corrected chi connectivity index (χ4v) is 1.68. The van der Waals surface area contributed by atoms with Gasteiger partial charge in [0.05, 0.1) is 18.8 Å². The molecule has 1 fully saturated rings. The molecule has 1 aromatic heterocycles. The lowest BCUT2D eigenvalue weighted by atomic mass is 10.1. The van der Waals surface area contributed by atoms with Gasteiger partial charge in [0.1, 0.15) is 11.6 Å².